The molecule has 2 aliphatic rings. The van der Waals surface area contributed by atoms with Crippen LogP contribution >= 0.6 is 0 Å². The zero-order chi connectivity index (χ0) is 12.5. The number of hydrogen-bond donors (Lipinski definition) is 1. The zero-order valence-electron chi connectivity index (χ0n) is 10.9. The fraction of sp³-hybridized carbons (Fsp3) is 0.600. The van der Waals surface area contributed by atoms with Crippen molar-refractivity contribution in [2.45, 2.75) is 31.8 Å². The molecule has 18 heavy (non-hydrogen) atoms. The molecule has 3 unspecified atom stereocenters. The minimum Gasteiger partial charge on any atom is -0.307 e. The first-order valence-electron chi connectivity index (χ1n) is 6.96. The lowest BCUT2D eigenvalue weighted by Gasteiger charge is -2.33. The van der Waals surface area contributed by atoms with Gasteiger partial charge in [0.05, 0.1) is 0 Å². The zero-order valence-corrected chi connectivity index (χ0v) is 10.9. The molecule has 1 N–H and O–H groups in total. The molecular weight excluding hydrogens is 227 g/mol. The summed E-state index contributed by atoms with van der Waals surface area (Å²) in [5, 5.41) is 3.70. The summed E-state index contributed by atoms with van der Waals surface area (Å²) in [6.07, 6.45) is 2.54. The van der Waals surface area contributed by atoms with Gasteiger partial charge >= 0.3 is 0 Å². The Morgan fingerprint density at radius 2 is 2.17 bits per heavy atom. The van der Waals surface area contributed by atoms with Crippen molar-refractivity contribution in [3.8, 4) is 0 Å². The molecule has 2 fully saturated rings. The standard InChI is InChI=1S/C15H21FN2/c1-11(12-3-2-4-14(16)9-12)17-15-6-8-18-7-5-13(15)10-18/h2-4,9,11,13,15,17H,5-8,10H2,1H3/t11-,13?,15?/m0/s1. The third-order valence-corrected chi connectivity index (χ3v) is 4.45. The van der Waals surface area contributed by atoms with E-state index in [4.69, 9.17) is 0 Å². The van der Waals surface area contributed by atoms with Gasteiger partial charge in [-0.25, -0.2) is 4.39 Å². The molecule has 0 amide bonds. The van der Waals surface area contributed by atoms with Crippen LogP contribution in [0, 0.1) is 11.7 Å². The number of hydrogen-bond acceptors (Lipinski definition) is 2. The molecule has 0 radical (unpaired) electrons. The van der Waals surface area contributed by atoms with Crippen LogP contribution in [0.25, 0.3) is 0 Å². The van der Waals surface area contributed by atoms with Gasteiger partial charge in [0.2, 0.25) is 0 Å². The first-order valence-corrected chi connectivity index (χ1v) is 6.96. The lowest BCUT2D eigenvalue weighted by molar-refractivity contribution is 0.212. The van der Waals surface area contributed by atoms with Crippen LogP contribution in [0.5, 0.6) is 0 Å². The van der Waals surface area contributed by atoms with Crippen LogP contribution in [0.2, 0.25) is 0 Å². The molecule has 98 valence electrons. The highest BCUT2D eigenvalue weighted by atomic mass is 19.1. The Morgan fingerprint density at radius 3 is 3.00 bits per heavy atom. The van der Waals surface area contributed by atoms with E-state index in [1.807, 2.05) is 6.07 Å². The Bertz CT molecular complexity index is 421. The fourth-order valence-electron chi connectivity index (χ4n) is 3.36. The number of piperidine rings is 1. The quantitative estimate of drug-likeness (QED) is 0.884. The van der Waals surface area contributed by atoms with Crippen LogP contribution in [0.3, 0.4) is 0 Å². The maximum atomic E-state index is 13.2. The van der Waals surface area contributed by atoms with Crippen molar-refractivity contribution in [2.24, 2.45) is 5.92 Å². The Kier molecular flexibility index (Phi) is 3.35. The van der Waals surface area contributed by atoms with Crippen LogP contribution in [0.15, 0.2) is 24.3 Å². The summed E-state index contributed by atoms with van der Waals surface area (Å²) in [5.74, 6) is 0.645. The monoisotopic (exact) mass is 248 g/mol. The van der Waals surface area contributed by atoms with Crippen molar-refractivity contribution in [1.82, 2.24) is 10.2 Å². The first kappa shape index (κ1) is 12.1. The number of fused-ring (bicyclic) bond motifs is 2. The molecule has 2 nitrogen and oxygen atoms in total. The average molecular weight is 248 g/mol. The minimum atomic E-state index is -0.142. The summed E-state index contributed by atoms with van der Waals surface area (Å²) in [7, 11) is 0. The molecule has 4 atom stereocenters. The summed E-state index contributed by atoms with van der Waals surface area (Å²) in [6.45, 7) is 5.85. The SMILES string of the molecule is C[C@H](NC1CCN2CCC1C2)c1cccc(F)c1. The number of halogens is 1. The Labute approximate surface area is 108 Å². The van der Waals surface area contributed by atoms with Crippen molar-refractivity contribution >= 4 is 0 Å². The summed E-state index contributed by atoms with van der Waals surface area (Å²) in [4.78, 5) is 2.55. The Hall–Kier alpha value is -0.930. The van der Waals surface area contributed by atoms with E-state index < -0.39 is 0 Å². The maximum absolute atomic E-state index is 13.2. The van der Waals surface area contributed by atoms with Crippen molar-refractivity contribution in [3.63, 3.8) is 0 Å². The third kappa shape index (κ3) is 2.43. The Balaban J connectivity index is 1.65. The van der Waals surface area contributed by atoms with Crippen molar-refractivity contribution in [1.29, 1.82) is 0 Å². The van der Waals surface area contributed by atoms with Crippen molar-refractivity contribution < 1.29 is 4.39 Å². The molecule has 0 aliphatic carbocycles. The van der Waals surface area contributed by atoms with E-state index >= 15 is 0 Å². The molecule has 0 saturated carbocycles. The topological polar surface area (TPSA) is 15.3 Å². The van der Waals surface area contributed by atoms with E-state index in [0.717, 1.165) is 11.5 Å². The normalized spacial score (nSPS) is 32.4. The summed E-state index contributed by atoms with van der Waals surface area (Å²) >= 11 is 0. The van der Waals surface area contributed by atoms with E-state index in [0.29, 0.717) is 6.04 Å². The lowest BCUT2D eigenvalue weighted by Crippen LogP contribution is -2.44. The highest BCUT2D eigenvalue weighted by molar-refractivity contribution is 5.19. The lowest BCUT2D eigenvalue weighted by atomic mass is 9.93. The summed E-state index contributed by atoms with van der Waals surface area (Å²) in [6, 6.07) is 7.78. The van der Waals surface area contributed by atoms with Crippen molar-refractivity contribution in [3.05, 3.63) is 35.6 Å². The maximum Gasteiger partial charge on any atom is 0.123 e. The van der Waals surface area contributed by atoms with Crippen LogP contribution in [-0.2, 0) is 0 Å². The number of nitrogens with one attached hydrogen (secondary N) is 1. The van der Waals surface area contributed by atoms with Gasteiger partial charge in [0.15, 0.2) is 0 Å². The predicted octanol–water partition coefficient (Wildman–Crippen LogP) is 2.57. The van der Waals surface area contributed by atoms with Gasteiger partial charge in [-0.1, -0.05) is 12.1 Å². The second-order valence-electron chi connectivity index (χ2n) is 5.69. The molecule has 1 aromatic carbocycles. The number of nitrogens with zero attached hydrogens (tertiary/aromatic N) is 1. The summed E-state index contributed by atoms with van der Waals surface area (Å²) < 4.78 is 13.2. The van der Waals surface area contributed by atoms with E-state index in [1.54, 1.807) is 12.1 Å². The Morgan fingerprint density at radius 1 is 1.33 bits per heavy atom. The highest BCUT2D eigenvalue weighted by Crippen LogP contribution is 2.28. The van der Waals surface area contributed by atoms with Gasteiger partial charge in [-0.15, -0.1) is 0 Å². The third-order valence-electron chi connectivity index (χ3n) is 4.45. The van der Waals surface area contributed by atoms with E-state index in [9.17, 15) is 4.39 Å². The largest absolute Gasteiger partial charge is 0.307 e. The van der Waals surface area contributed by atoms with Gasteiger partial charge in [0.1, 0.15) is 5.82 Å². The predicted molar refractivity (Wildman–Crippen MR) is 70.9 cm³/mol. The second kappa shape index (κ2) is 4.98. The molecule has 2 heterocycles. The molecular formula is C15H21FN2. The molecule has 0 spiro atoms. The van der Waals surface area contributed by atoms with Crippen LogP contribution in [0.1, 0.15) is 31.4 Å². The van der Waals surface area contributed by atoms with Gasteiger partial charge in [-0.3, -0.25) is 0 Å². The fourth-order valence-corrected chi connectivity index (χ4v) is 3.36. The van der Waals surface area contributed by atoms with Crippen LogP contribution in [0.4, 0.5) is 4.39 Å². The van der Waals surface area contributed by atoms with Gasteiger partial charge in [0, 0.05) is 18.6 Å². The summed E-state index contributed by atoms with van der Waals surface area (Å²) in [5.41, 5.74) is 1.05. The van der Waals surface area contributed by atoms with Gasteiger partial charge in [-0.05, 0) is 56.5 Å². The number of rotatable bonds is 3. The van der Waals surface area contributed by atoms with Gasteiger partial charge in [-0.2, -0.15) is 0 Å². The molecule has 2 bridgehead atoms. The average Bonchev–Trinajstić information content (AvgIpc) is 2.76. The number of benzene rings is 1. The smallest absolute Gasteiger partial charge is 0.123 e. The molecule has 0 aromatic heterocycles. The molecule has 3 rings (SSSR count). The van der Waals surface area contributed by atoms with Gasteiger partial charge in [0.25, 0.3) is 0 Å². The second-order valence-corrected chi connectivity index (χ2v) is 5.69. The minimum absolute atomic E-state index is 0.142. The highest BCUT2D eigenvalue weighted by Gasteiger charge is 2.34. The van der Waals surface area contributed by atoms with Crippen LogP contribution in [-0.4, -0.2) is 30.6 Å². The molecule has 2 saturated heterocycles. The molecule has 3 heteroatoms. The van der Waals surface area contributed by atoms with Crippen molar-refractivity contribution in [2.75, 3.05) is 19.6 Å². The molecule has 1 aromatic rings. The van der Waals surface area contributed by atoms with E-state index in [1.165, 1.54) is 38.5 Å². The molecule has 2 aliphatic heterocycles. The first-order chi connectivity index (χ1) is 8.72. The van der Waals surface area contributed by atoms with Gasteiger partial charge < -0.3 is 10.2 Å². The van der Waals surface area contributed by atoms with E-state index in [2.05, 4.69) is 17.1 Å². The van der Waals surface area contributed by atoms with E-state index in [-0.39, 0.29) is 11.9 Å². The van der Waals surface area contributed by atoms with Crippen LogP contribution < -0.4 is 5.32 Å².